The number of hydrogen-bond donors (Lipinski definition) is 0. The first-order valence-electron chi connectivity index (χ1n) is 10.3. The highest BCUT2D eigenvalue weighted by Crippen LogP contribution is 2.28. The van der Waals surface area contributed by atoms with Gasteiger partial charge >= 0.3 is 0 Å². The van der Waals surface area contributed by atoms with Crippen LogP contribution in [0.4, 0.5) is 0 Å². The summed E-state index contributed by atoms with van der Waals surface area (Å²) in [5, 5.41) is 4.01. The largest absolute Gasteiger partial charge is 0.497 e. The quantitative estimate of drug-likeness (QED) is 0.527. The van der Waals surface area contributed by atoms with Crippen LogP contribution in [-0.2, 0) is 11.3 Å². The molecule has 1 heterocycles. The van der Waals surface area contributed by atoms with Gasteiger partial charge in [0.25, 0.3) is 5.91 Å². The zero-order valence-corrected chi connectivity index (χ0v) is 18.9. The molecule has 31 heavy (non-hydrogen) atoms. The van der Waals surface area contributed by atoms with Crippen molar-refractivity contribution in [3.05, 3.63) is 59.5 Å². The van der Waals surface area contributed by atoms with Crippen LogP contribution >= 0.6 is 0 Å². The molecule has 7 heteroatoms. The second-order valence-corrected chi connectivity index (χ2v) is 7.89. The summed E-state index contributed by atoms with van der Waals surface area (Å²) in [7, 11) is 3.31. The standard InChI is InChI=1S/C24H29N3O4/c1-15(2)20-12-7-16(3)13-21(20)30-17(4)24(28)27(5)14-22-25-23(26-31-22)18-8-10-19(29-6)11-9-18/h7-13,15,17H,14H2,1-6H3/t17-/m0/s1. The Morgan fingerprint density at radius 2 is 1.84 bits per heavy atom. The van der Waals surface area contributed by atoms with Crippen LogP contribution in [0.2, 0.25) is 0 Å². The number of likely N-dealkylation sites (N-methyl/N-ethyl adjacent to an activating group) is 1. The molecular formula is C24H29N3O4. The highest BCUT2D eigenvalue weighted by molar-refractivity contribution is 5.80. The van der Waals surface area contributed by atoms with Gasteiger partial charge in [0, 0.05) is 12.6 Å². The highest BCUT2D eigenvalue weighted by Gasteiger charge is 2.23. The van der Waals surface area contributed by atoms with E-state index in [4.69, 9.17) is 14.0 Å². The molecule has 7 nitrogen and oxygen atoms in total. The van der Waals surface area contributed by atoms with Gasteiger partial charge < -0.3 is 18.9 Å². The number of amides is 1. The Hall–Kier alpha value is -3.35. The zero-order chi connectivity index (χ0) is 22.5. The van der Waals surface area contributed by atoms with Crippen LogP contribution in [-0.4, -0.2) is 41.2 Å². The summed E-state index contributed by atoms with van der Waals surface area (Å²) in [6.45, 7) is 8.16. The number of rotatable bonds is 8. The lowest BCUT2D eigenvalue weighted by molar-refractivity contribution is -0.137. The maximum Gasteiger partial charge on any atom is 0.263 e. The molecule has 1 atom stereocenters. The monoisotopic (exact) mass is 423 g/mol. The minimum absolute atomic E-state index is 0.166. The van der Waals surface area contributed by atoms with Crippen molar-refractivity contribution in [3.8, 4) is 22.9 Å². The highest BCUT2D eigenvalue weighted by atomic mass is 16.5. The van der Waals surface area contributed by atoms with Gasteiger partial charge in [-0.1, -0.05) is 31.1 Å². The van der Waals surface area contributed by atoms with Gasteiger partial charge in [-0.25, -0.2) is 0 Å². The summed E-state index contributed by atoms with van der Waals surface area (Å²) in [5.74, 6) is 2.44. The van der Waals surface area contributed by atoms with Gasteiger partial charge in [0.2, 0.25) is 11.7 Å². The SMILES string of the molecule is COc1ccc(-c2noc(CN(C)C(=O)[C@H](C)Oc3cc(C)ccc3C(C)C)n2)cc1. The van der Waals surface area contributed by atoms with E-state index < -0.39 is 6.10 Å². The van der Waals surface area contributed by atoms with E-state index in [2.05, 4.69) is 36.1 Å². The van der Waals surface area contributed by atoms with Crippen LogP contribution in [0.5, 0.6) is 11.5 Å². The van der Waals surface area contributed by atoms with E-state index in [0.717, 1.165) is 28.2 Å². The summed E-state index contributed by atoms with van der Waals surface area (Å²) in [4.78, 5) is 18.8. The van der Waals surface area contributed by atoms with Crippen molar-refractivity contribution in [2.75, 3.05) is 14.2 Å². The Balaban J connectivity index is 1.65. The average Bonchev–Trinajstić information content (AvgIpc) is 3.21. The van der Waals surface area contributed by atoms with E-state index in [0.29, 0.717) is 17.6 Å². The topological polar surface area (TPSA) is 77.7 Å². The molecule has 0 N–H and O–H groups in total. The van der Waals surface area contributed by atoms with Gasteiger partial charge in [-0.3, -0.25) is 4.79 Å². The minimum Gasteiger partial charge on any atom is -0.497 e. The van der Waals surface area contributed by atoms with Crippen molar-refractivity contribution in [3.63, 3.8) is 0 Å². The fourth-order valence-corrected chi connectivity index (χ4v) is 3.23. The molecule has 0 aliphatic rings. The van der Waals surface area contributed by atoms with E-state index in [9.17, 15) is 4.79 Å². The molecule has 3 rings (SSSR count). The third-order valence-corrected chi connectivity index (χ3v) is 5.01. The molecule has 164 valence electrons. The lowest BCUT2D eigenvalue weighted by Crippen LogP contribution is -2.37. The summed E-state index contributed by atoms with van der Waals surface area (Å²) in [6.07, 6.45) is -0.645. The van der Waals surface area contributed by atoms with Crippen molar-refractivity contribution in [2.24, 2.45) is 0 Å². The lowest BCUT2D eigenvalue weighted by atomic mass is 10.0. The Morgan fingerprint density at radius 1 is 1.13 bits per heavy atom. The molecule has 0 unspecified atom stereocenters. The Morgan fingerprint density at radius 3 is 2.48 bits per heavy atom. The molecule has 1 amide bonds. The first-order chi connectivity index (χ1) is 14.8. The van der Waals surface area contributed by atoms with Gasteiger partial charge in [0.1, 0.15) is 11.5 Å². The van der Waals surface area contributed by atoms with Crippen LogP contribution in [0.15, 0.2) is 47.0 Å². The number of aromatic nitrogens is 2. The van der Waals surface area contributed by atoms with Crippen molar-refractivity contribution < 1.29 is 18.8 Å². The molecule has 3 aromatic rings. The summed E-state index contributed by atoms with van der Waals surface area (Å²) in [5.41, 5.74) is 2.97. The van der Waals surface area contributed by atoms with E-state index in [-0.39, 0.29) is 12.5 Å². The number of carbonyl (C=O) groups excluding carboxylic acids is 1. The van der Waals surface area contributed by atoms with Gasteiger partial charge in [0.15, 0.2) is 6.10 Å². The smallest absolute Gasteiger partial charge is 0.263 e. The van der Waals surface area contributed by atoms with Crippen molar-refractivity contribution in [1.82, 2.24) is 15.0 Å². The zero-order valence-electron chi connectivity index (χ0n) is 18.9. The van der Waals surface area contributed by atoms with E-state index in [1.165, 1.54) is 4.90 Å². The number of benzene rings is 2. The maximum atomic E-state index is 12.9. The molecule has 0 radical (unpaired) electrons. The number of carbonyl (C=O) groups is 1. The summed E-state index contributed by atoms with van der Waals surface area (Å²) in [6, 6.07) is 13.4. The minimum atomic E-state index is -0.645. The molecule has 0 aliphatic carbocycles. The first-order valence-corrected chi connectivity index (χ1v) is 10.3. The van der Waals surface area contributed by atoms with Crippen LogP contribution in [0.1, 0.15) is 43.7 Å². The third kappa shape index (κ3) is 5.42. The van der Waals surface area contributed by atoms with Crippen molar-refractivity contribution in [1.29, 1.82) is 0 Å². The second-order valence-electron chi connectivity index (χ2n) is 7.89. The molecule has 0 saturated carbocycles. The Kier molecular flexibility index (Phi) is 6.95. The Labute approximate surface area is 183 Å². The van der Waals surface area contributed by atoms with E-state index in [1.807, 2.05) is 37.3 Å². The molecule has 2 aromatic carbocycles. The van der Waals surface area contributed by atoms with E-state index >= 15 is 0 Å². The molecule has 0 saturated heterocycles. The predicted octanol–water partition coefficient (Wildman–Crippen LogP) is 4.60. The predicted molar refractivity (Wildman–Crippen MR) is 118 cm³/mol. The Bertz CT molecular complexity index is 1030. The van der Waals surface area contributed by atoms with Crippen molar-refractivity contribution in [2.45, 2.75) is 46.3 Å². The second kappa shape index (κ2) is 9.64. The van der Waals surface area contributed by atoms with Gasteiger partial charge in [-0.15, -0.1) is 0 Å². The lowest BCUT2D eigenvalue weighted by Gasteiger charge is -2.23. The molecule has 0 fully saturated rings. The normalized spacial score (nSPS) is 12.0. The van der Waals surface area contributed by atoms with Gasteiger partial charge in [-0.05, 0) is 61.2 Å². The summed E-state index contributed by atoms with van der Waals surface area (Å²) < 4.78 is 16.5. The van der Waals surface area contributed by atoms with Gasteiger partial charge in [-0.2, -0.15) is 4.98 Å². The van der Waals surface area contributed by atoms with E-state index in [1.54, 1.807) is 21.1 Å². The molecule has 1 aromatic heterocycles. The number of methoxy groups -OCH3 is 1. The van der Waals surface area contributed by atoms with Crippen LogP contribution < -0.4 is 9.47 Å². The van der Waals surface area contributed by atoms with Gasteiger partial charge in [0.05, 0.1) is 13.7 Å². The molecule has 0 bridgehead atoms. The van der Waals surface area contributed by atoms with Crippen molar-refractivity contribution >= 4 is 5.91 Å². The fraction of sp³-hybridized carbons (Fsp3) is 0.375. The fourth-order valence-electron chi connectivity index (χ4n) is 3.23. The average molecular weight is 424 g/mol. The van der Waals surface area contributed by atoms with Crippen LogP contribution in [0.3, 0.4) is 0 Å². The molecule has 0 spiro atoms. The number of nitrogens with zero attached hydrogens (tertiary/aromatic N) is 3. The van der Waals surface area contributed by atoms with Crippen LogP contribution in [0, 0.1) is 6.92 Å². The molecule has 0 aliphatic heterocycles. The van der Waals surface area contributed by atoms with Crippen LogP contribution in [0.25, 0.3) is 11.4 Å². The number of ether oxygens (including phenoxy) is 2. The maximum absolute atomic E-state index is 12.9. The molecular weight excluding hydrogens is 394 g/mol. The number of aryl methyl sites for hydroxylation is 1. The number of hydrogen-bond acceptors (Lipinski definition) is 6. The summed E-state index contributed by atoms with van der Waals surface area (Å²) >= 11 is 0. The first kappa shape index (κ1) is 22.3. The third-order valence-electron chi connectivity index (χ3n) is 5.01.